The van der Waals surface area contributed by atoms with Gasteiger partial charge in [-0.1, -0.05) is 54.6 Å². The van der Waals surface area contributed by atoms with Gasteiger partial charge in [0, 0.05) is 26.7 Å². The summed E-state index contributed by atoms with van der Waals surface area (Å²) in [6.45, 7) is 23.1. The van der Waals surface area contributed by atoms with Crippen LogP contribution in [0, 0.1) is 0 Å². The Kier molecular flexibility index (Phi) is 49.7. The van der Waals surface area contributed by atoms with Crippen LogP contribution in [-0.2, 0) is 162 Å². The van der Waals surface area contributed by atoms with Crippen LogP contribution in [0.15, 0.2) is 78.9 Å². The first-order valence-electron chi connectivity index (χ1n) is 47.3. The second-order valence-corrected chi connectivity index (χ2v) is 35.7. The number of likely N-dealkylation sites (N-methyl/N-ethyl adjacent to an activating group) is 2. The van der Waals surface area contributed by atoms with E-state index >= 15 is 0 Å². The quantitative estimate of drug-likeness (QED) is 0.0168. The van der Waals surface area contributed by atoms with E-state index in [1.54, 1.807) is 145 Å². The van der Waals surface area contributed by atoms with E-state index in [9.17, 15) is 100 Å². The molecule has 30 atom stereocenters. The van der Waals surface area contributed by atoms with Gasteiger partial charge in [0.2, 0.25) is 0 Å². The lowest BCUT2D eigenvalue weighted by Crippen LogP contribution is -2.63. The molecule has 47 nitrogen and oxygen atoms in total. The standard InChI is InChI=1S/C34H46O15.C32H49NO16.C28H51NO14/c1-18(2)46-28-24(37)25(38)33(48-30(28)32(41)45-17-21-10-12-22(35)13-11-21)43-15-14-42-27-23(36)26(39)34(47-19(3)4)49-29(27)31(40)44-16-20-8-6-5-7-9-20;1-16(2)46-26-22(36)23(37)31(48-27(26)29(39)33(5)14-20-41-10-11-42-20)44-13-12-43-25-21(35)24(38)32(47-17(3)4)49-28(25)30(40)45-15-18-6-8-19(34)9-7-18;1-7-29(11-9-10-12-30)25(35)23-22(40-15(3)4)18(32)19(33)27(42-23)39-14-13-38-21-17(31)20(34)28(41-16(5)6)43-24(21)26(36)37-8-2/h5-13,18-19,23-30,33-39H,14-17H2,1-4H3;6-9,16-17,20-28,31-32,34-38H,10-15H2,1-5H3;15-24,27-28,30-34H,7-14H2,1-6H3/t23-,24-,25+,26+,27+,28+,29?,30?,33-,34-;21-,22-,23+,24+,25+,26+,27?,28?,31-,32-;17-,18-,19+,20+,21+,22+,23?,24?,27-,28-/m111/s1. The van der Waals surface area contributed by atoms with Crippen molar-refractivity contribution in [2.75, 3.05) is 92.8 Å². The molecule has 0 spiro atoms. The third kappa shape index (κ3) is 35.3. The Morgan fingerprint density at radius 1 is 0.340 bits per heavy atom. The predicted molar refractivity (Wildman–Crippen MR) is 480 cm³/mol. The number of unbranched alkanes of at least 4 members (excludes halogenated alkanes) is 1. The topological polar surface area (TPSA) is 634 Å². The van der Waals surface area contributed by atoms with Crippen LogP contribution >= 0.6 is 0 Å². The van der Waals surface area contributed by atoms with Gasteiger partial charge < -0.3 is 200 Å². The molecule has 0 aliphatic carbocycles. The molecule has 7 heterocycles. The number of benzene rings is 3. The number of carbonyl (C=O) groups is 6. The minimum atomic E-state index is -1.65. The van der Waals surface area contributed by atoms with E-state index < -0.39 is 257 Å². The third-order valence-electron chi connectivity index (χ3n) is 22.4. The van der Waals surface area contributed by atoms with Crippen molar-refractivity contribution < 1.29 is 219 Å². The number of carbonyl (C=O) groups excluding carboxylic acids is 6. The number of ether oxygens (including phenoxy) is 24. The van der Waals surface area contributed by atoms with Crippen LogP contribution in [0.25, 0.3) is 0 Å². The Morgan fingerprint density at radius 2 is 0.624 bits per heavy atom. The summed E-state index contributed by atoms with van der Waals surface area (Å²) in [5, 5.41) is 158. The van der Waals surface area contributed by atoms with Crippen molar-refractivity contribution in [3.63, 3.8) is 0 Å². The van der Waals surface area contributed by atoms with Crippen molar-refractivity contribution in [1.29, 1.82) is 0 Å². The Hall–Kier alpha value is -7.24. The Bertz CT molecular complexity index is 4120. The minimum Gasteiger partial charge on any atom is -0.508 e. The fraction of sp³-hybridized carbons (Fsp3) is 0.745. The first kappa shape index (κ1) is 119. The molecule has 15 N–H and O–H groups in total. The van der Waals surface area contributed by atoms with Gasteiger partial charge in [-0.25, -0.2) is 19.2 Å². The highest BCUT2D eigenvalue weighted by Gasteiger charge is 2.57. The molecule has 0 saturated carbocycles. The number of amides is 2. The second-order valence-electron chi connectivity index (χ2n) is 35.7. The van der Waals surface area contributed by atoms with E-state index in [1.807, 2.05) is 6.07 Å². The summed E-state index contributed by atoms with van der Waals surface area (Å²) in [5.74, 6) is -4.43. The van der Waals surface area contributed by atoms with Crippen LogP contribution in [0.4, 0.5) is 0 Å². The Balaban J connectivity index is 0.000000260. The summed E-state index contributed by atoms with van der Waals surface area (Å²) in [4.78, 5) is 81.7. The van der Waals surface area contributed by atoms with Crippen molar-refractivity contribution in [2.24, 2.45) is 0 Å². The SMILES string of the molecule is CC(C)O[C@@H]1OC(C(=O)OCc2ccc(O)cc2)[C@@H](OCCO[C@@H]2OC(C(=O)N(C)CC3OCCO3)[C@@H](OC(C)C)[C@H](O)[C@@H]2O)[C@H](O)[C@@H]1O.CC(C)O[C@@H]1OC(C(=O)OCc2ccccc2)[C@@H](OCCO[C@@H]2OC(C(=O)OCc3ccc(O)cc3)[C@@H](OC(C)C)[C@H](O)[C@@H]2O)[C@H](O)[C@@H]1O.CCOC(=O)C1O[C@@H](OC(C)C)[C@@H](O)[C@@H](O)[C@@H]1OCCO[C@@H]1OC(C(=O)N(CC)CCCCO)[C@@H](OC(C)C)[C@H](O)[C@@H]1O. The highest BCUT2D eigenvalue weighted by atomic mass is 16.8. The van der Waals surface area contributed by atoms with Gasteiger partial charge in [-0.3, -0.25) is 9.59 Å². The molecule has 7 aliphatic rings. The summed E-state index contributed by atoms with van der Waals surface area (Å²) in [6, 6.07) is 20.9. The number of phenols is 2. The number of nitrogens with zero attached hydrogens (tertiary/aromatic N) is 2. The minimum absolute atomic E-state index is 0.0105. The summed E-state index contributed by atoms with van der Waals surface area (Å²) < 4.78 is 134. The van der Waals surface area contributed by atoms with Crippen LogP contribution in [0.2, 0.25) is 0 Å². The first-order valence-corrected chi connectivity index (χ1v) is 47.3. The Morgan fingerprint density at radius 3 is 0.950 bits per heavy atom. The molecular weight excluding hydrogens is 1880 g/mol. The van der Waals surface area contributed by atoms with Crippen LogP contribution in [0.5, 0.6) is 11.5 Å². The molecule has 6 unspecified atom stereocenters. The monoisotopic (exact) mass is 2020 g/mol. The molecule has 0 radical (unpaired) electrons. The van der Waals surface area contributed by atoms with Crippen molar-refractivity contribution in [3.8, 4) is 11.5 Å². The molecule has 0 aromatic heterocycles. The summed E-state index contributed by atoms with van der Waals surface area (Å²) in [5.41, 5.74) is 1.86. The maximum atomic E-state index is 13.4. The molecule has 0 bridgehead atoms. The van der Waals surface area contributed by atoms with E-state index in [1.165, 1.54) is 41.1 Å². The number of phenolic OH excluding ortho intramolecular Hbond substituents is 2. The summed E-state index contributed by atoms with van der Waals surface area (Å²) >= 11 is 0. The summed E-state index contributed by atoms with van der Waals surface area (Å²) in [7, 11) is 1.51. The molecule has 802 valence electrons. The number of esters is 4. The lowest BCUT2D eigenvalue weighted by atomic mass is 9.97. The normalized spacial score (nSPS) is 31.9. The number of aliphatic hydroxyl groups is 13. The molecule has 7 saturated heterocycles. The van der Waals surface area contributed by atoms with Crippen LogP contribution in [-0.4, -0.2) is 442 Å². The summed E-state index contributed by atoms with van der Waals surface area (Å²) in [6.07, 6.45) is -46.1. The fourth-order valence-corrected chi connectivity index (χ4v) is 15.5. The fourth-order valence-electron chi connectivity index (χ4n) is 15.5. The van der Waals surface area contributed by atoms with Gasteiger partial charge in [0.1, 0.15) is 141 Å². The maximum Gasteiger partial charge on any atom is 0.338 e. The zero-order valence-electron chi connectivity index (χ0n) is 81.9. The van der Waals surface area contributed by atoms with Gasteiger partial charge in [-0.15, -0.1) is 0 Å². The lowest BCUT2D eigenvalue weighted by Gasteiger charge is -2.43. The van der Waals surface area contributed by atoms with E-state index in [0.29, 0.717) is 55.8 Å². The van der Waals surface area contributed by atoms with E-state index in [2.05, 4.69) is 0 Å². The molecule has 7 fully saturated rings. The number of hydrogen-bond acceptors (Lipinski definition) is 45. The van der Waals surface area contributed by atoms with Gasteiger partial charge in [-0.2, -0.15) is 0 Å². The molecule has 3 aromatic carbocycles. The number of aliphatic hydroxyl groups excluding tert-OH is 13. The lowest BCUT2D eigenvalue weighted by molar-refractivity contribution is -0.317. The van der Waals surface area contributed by atoms with E-state index in [0.717, 1.165) is 0 Å². The van der Waals surface area contributed by atoms with Gasteiger partial charge in [0.25, 0.3) is 11.8 Å². The third-order valence-corrected chi connectivity index (χ3v) is 22.4. The highest BCUT2D eigenvalue weighted by Crippen LogP contribution is 2.36. The van der Waals surface area contributed by atoms with Crippen LogP contribution in [0.1, 0.15) is 126 Å². The Labute approximate surface area is 817 Å². The molecule has 7 aliphatic heterocycles. The van der Waals surface area contributed by atoms with Gasteiger partial charge in [0.15, 0.2) is 80.7 Å². The van der Waals surface area contributed by atoms with Crippen LogP contribution < -0.4 is 0 Å². The maximum absolute atomic E-state index is 13.4. The highest BCUT2D eigenvalue weighted by molar-refractivity contribution is 5.83. The smallest absolute Gasteiger partial charge is 0.338 e. The average Bonchev–Trinajstić information content (AvgIpc) is 0.994. The molecular formula is C94H146N2O45. The molecule has 2 amide bonds. The zero-order valence-corrected chi connectivity index (χ0v) is 81.9. The molecule has 10 rings (SSSR count). The molecule has 141 heavy (non-hydrogen) atoms. The van der Waals surface area contributed by atoms with Crippen molar-refractivity contribution in [1.82, 2.24) is 9.80 Å². The van der Waals surface area contributed by atoms with Crippen molar-refractivity contribution >= 4 is 35.7 Å². The number of aromatic hydroxyl groups is 2. The number of rotatable bonds is 47. The first-order chi connectivity index (χ1) is 67.0. The molecule has 47 heteroatoms. The van der Waals surface area contributed by atoms with Crippen molar-refractivity contribution in [2.45, 2.75) is 357 Å². The zero-order chi connectivity index (χ0) is 104. The van der Waals surface area contributed by atoms with Gasteiger partial charge in [0.05, 0.1) is 103 Å². The molecule has 3 aromatic rings. The van der Waals surface area contributed by atoms with E-state index in [4.69, 9.17) is 119 Å². The van der Waals surface area contributed by atoms with Gasteiger partial charge in [-0.05, 0) is 151 Å². The predicted octanol–water partition coefficient (Wildman–Crippen LogP) is -1.84. The average molecular weight is 2020 g/mol. The second kappa shape index (κ2) is 58.9. The van der Waals surface area contributed by atoms with Crippen LogP contribution in [0.3, 0.4) is 0 Å². The van der Waals surface area contributed by atoms with Crippen molar-refractivity contribution in [3.05, 3.63) is 95.6 Å². The largest absolute Gasteiger partial charge is 0.508 e. The van der Waals surface area contributed by atoms with E-state index in [-0.39, 0.29) is 96.8 Å². The van der Waals surface area contributed by atoms with Gasteiger partial charge >= 0.3 is 23.9 Å². The number of hydrogen-bond donors (Lipinski definition) is 15.